The largest absolute Gasteiger partial charge is 0.383 e. The lowest BCUT2D eigenvalue weighted by molar-refractivity contribution is 0.161. The number of methoxy groups -OCH3 is 1. The van der Waals surface area contributed by atoms with E-state index in [4.69, 9.17) is 4.74 Å². The Hall–Kier alpha value is -0.120. The summed E-state index contributed by atoms with van der Waals surface area (Å²) in [4.78, 5) is 2.33. The summed E-state index contributed by atoms with van der Waals surface area (Å²) in [5, 5.41) is 3.69. The van der Waals surface area contributed by atoms with Crippen molar-refractivity contribution in [3.63, 3.8) is 0 Å². The van der Waals surface area contributed by atoms with Crippen molar-refractivity contribution < 1.29 is 4.74 Å². The van der Waals surface area contributed by atoms with Gasteiger partial charge in [-0.05, 0) is 19.9 Å². The summed E-state index contributed by atoms with van der Waals surface area (Å²) in [5.41, 5.74) is 0. The second-order valence-electron chi connectivity index (χ2n) is 4.94. The van der Waals surface area contributed by atoms with E-state index in [1.165, 1.54) is 38.5 Å². The molecule has 0 amide bonds. The van der Waals surface area contributed by atoms with Crippen LogP contribution in [0.4, 0.5) is 0 Å². The Bertz CT molecular complexity index is 156. The summed E-state index contributed by atoms with van der Waals surface area (Å²) in [6.07, 6.45) is 8.45. The molecule has 0 spiro atoms. The lowest BCUT2D eigenvalue weighted by Crippen LogP contribution is -2.36. The molecule has 1 saturated carbocycles. The average Bonchev–Trinajstić information content (AvgIpc) is 2.55. The van der Waals surface area contributed by atoms with E-state index in [1.807, 2.05) is 0 Å². The van der Waals surface area contributed by atoms with Crippen molar-refractivity contribution in [3.8, 4) is 0 Å². The molecule has 0 aromatic rings. The van der Waals surface area contributed by atoms with Crippen LogP contribution in [0.25, 0.3) is 0 Å². The van der Waals surface area contributed by atoms with Crippen molar-refractivity contribution >= 4 is 0 Å². The van der Waals surface area contributed by atoms with Crippen LogP contribution < -0.4 is 5.32 Å². The van der Waals surface area contributed by atoms with Crippen molar-refractivity contribution in [2.45, 2.75) is 44.6 Å². The Morgan fingerprint density at radius 2 is 1.81 bits per heavy atom. The number of nitrogens with one attached hydrogen (secondary N) is 1. The molecule has 16 heavy (non-hydrogen) atoms. The molecular formula is C13H28N2O. The van der Waals surface area contributed by atoms with E-state index in [9.17, 15) is 0 Å². The third kappa shape index (κ3) is 6.46. The lowest BCUT2D eigenvalue weighted by Gasteiger charge is -2.20. The summed E-state index contributed by atoms with van der Waals surface area (Å²) in [6, 6.07) is 0.776. The van der Waals surface area contributed by atoms with Crippen LogP contribution in [0, 0.1) is 0 Å². The molecule has 0 saturated heterocycles. The van der Waals surface area contributed by atoms with Gasteiger partial charge < -0.3 is 15.0 Å². The molecule has 0 atom stereocenters. The maximum absolute atomic E-state index is 5.06. The highest BCUT2D eigenvalue weighted by Gasteiger charge is 2.11. The molecule has 1 rings (SSSR count). The molecule has 0 aromatic heterocycles. The van der Waals surface area contributed by atoms with Gasteiger partial charge in [0.15, 0.2) is 0 Å². The van der Waals surface area contributed by atoms with Crippen molar-refractivity contribution in [2.24, 2.45) is 0 Å². The van der Waals surface area contributed by atoms with Crippen LogP contribution in [-0.2, 0) is 4.74 Å². The highest BCUT2D eigenvalue weighted by molar-refractivity contribution is 4.71. The summed E-state index contributed by atoms with van der Waals surface area (Å²) in [6.45, 7) is 4.10. The van der Waals surface area contributed by atoms with Gasteiger partial charge in [0.05, 0.1) is 6.61 Å². The molecular weight excluding hydrogens is 200 g/mol. The van der Waals surface area contributed by atoms with Crippen molar-refractivity contribution in [3.05, 3.63) is 0 Å². The Labute approximate surface area is 101 Å². The smallest absolute Gasteiger partial charge is 0.0589 e. The molecule has 3 heteroatoms. The van der Waals surface area contributed by atoms with Crippen molar-refractivity contribution in [1.29, 1.82) is 0 Å². The van der Waals surface area contributed by atoms with E-state index in [1.54, 1.807) is 7.11 Å². The SMILES string of the molecule is COCCN(C)CCNC1CCCCCC1. The first-order valence-corrected chi connectivity index (χ1v) is 6.74. The zero-order valence-electron chi connectivity index (χ0n) is 11.0. The number of likely N-dealkylation sites (N-methyl/N-ethyl adjacent to an activating group) is 1. The first-order valence-electron chi connectivity index (χ1n) is 6.74. The molecule has 0 heterocycles. The molecule has 96 valence electrons. The first-order chi connectivity index (χ1) is 7.83. The Kier molecular flexibility index (Phi) is 7.81. The van der Waals surface area contributed by atoms with Gasteiger partial charge in [-0.15, -0.1) is 0 Å². The van der Waals surface area contributed by atoms with Gasteiger partial charge in [-0.1, -0.05) is 25.7 Å². The standard InChI is InChI=1S/C13H28N2O/c1-15(11-12-16-2)10-9-14-13-7-5-3-4-6-8-13/h13-14H,3-12H2,1-2H3. The Morgan fingerprint density at radius 3 is 2.44 bits per heavy atom. The van der Waals surface area contributed by atoms with Gasteiger partial charge in [0, 0.05) is 32.8 Å². The second kappa shape index (κ2) is 8.97. The highest BCUT2D eigenvalue weighted by atomic mass is 16.5. The quantitative estimate of drug-likeness (QED) is 0.673. The molecule has 0 radical (unpaired) electrons. The van der Waals surface area contributed by atoms with Crippen molar-refractivity contribution in [1.82, 2.24) is 10.2 Å². The molecule has 0 unspecified atom stereocenters. The highest BCUT2D eigenvalue weighted by Crippen LogP contribution is 2.16. The molecule has 1 fully saturated rings. The van der Waals surface area contributed by atoms with E-state index in [2.05, 4.69) is 17.3 Å². The monoisotopic (exact) mass is 228 g/mol. The lowest BCUT2D eigenvalue weighted by atomic mass is 10.1. The molecule has 3 nitrogen and oxygen atoms in total. The number of nitrogens with zero attached hydrogens (tertiary/aromatic N) is 1. The number of rotatable bonds is 7. The Morgan fingerprint density at radius 1 is 1.12 bits per heavy atom. The summed E-state index contributed by atoms with van der Waals surface area (Å²) < 4.78 is 5.06. The van der Waals surface area contributed by atoms with Crippen LogP contribution in [0.2, 0.25) is 0 Å². The molecule has 1 aliphatic carbocycles. The Balaban J connectivity index is 2.00. The summed E-state index contributed by atoms with van der Waals surface area (Å²) in [7, 11) is 3.92. The van der Waals surface area contributed by atoms with Gasteiger partial charge in [-0.25, -0.2) is 0 Å². The number of hydrogen-bond acceptors (Lipinski definition) is 3. The zero-order valence-corrected chi connectivity index (χ0v) is 11.0. The summed E-state index contributed by atoms with van der Waals surface area (Å²) in [5.74, 6) is 0. The van der Waals surface area contributed by atoms with Crippen molar-refractivity contribution in [2.75, 3.05) is 40.4 Å². The normalized spacial score (nSPS) is 18.9. The van der Waals surface area contributed by atoms with Crippen LogP contribution in [0.3, 0.4) is 0 Å². The van der Waals surface area contributed by atoms with E-state index < -0.39 is 0 Å². The van der Waals surface area contributed by atoms with Crippen LogP contribution >= 0.6 is 0 Å². The van der Waals surface area contributed by atoms with Gasteiger partial charge in [-0.2, -0.15) is 0 Å². The topological polar surface area (TPSA) is 24.5 Å². The molecule has 1 aliphatic rings. The van der Waals surface area contributed by atoms with E-state index >= 15 is 0 Å². The summed E-state index contributed by atoms with van der Waals surface area (Å²) >= 11 is 0. The maximum Gasteiger partial charge on any atom is 0.0589 e. The number of ether oxygens (including phenoxy) is 1. The fourth-order valence-corrected chi connectivity index (χ4v) is 2.30. The predicted octanol–water partition coefficient (Wildman–Crippen LogP) is 1.88. The van der Waals surface area contributed by atoms with Gasteiger partial charge in [-0.3, -0.25) is 0 Å². The molecule has 1 N–H and O–H groups in total. The van der Waals surface area contributed by atoms with Gasteiger partial charge in [0.2, 0.25) is 0 Å². The average molecular weight is 228 g/mol. The molecule has 0 bridgehead atoms. The fraction of sp³-hybridized carbons (Fsp3) is 1.00. The minimum atomic E-state index is 0.776. The van der Waals surface area contributed by atoms with Crippen LogP contribution in [0.5, 0.6) is 0 Å². The molecule has 0 aromatic carbocycles. The third-order valence-corrected chi connectivity index (χ3v) is 3.46. The minimum absolute atomic E-state index is 0.776. The van der Waals surface area contributed by atoms with Gasteiger partial charge >= 0.3 is 0 Å². The maximum atomic E-state index is 5.06. The molecule has 0 aliphatic heterocycles. The van der Waals surface area contributed by atoms with Crippen LogP contribution in [-0.4, -0.2) is 51.3 Å². The first kappa shape index (κ1) is 13.9. The number of hydrogen-bond donors (Lipinski definition) is 1. The van der Waals surface area contributed by atoms with E-state index in [-0.39, 0.29) is 0 Å². The van der Waals surface area contributed by atoms with Gasteiger partial charge in [0.1, 0.15) is 0 Å². The third-order valence-electron chi connectivity index (χ3n) is 3.46. The van der Waals surface area contributed by atoms with Crippen LogP contribution in [0.1, 0.15) is 38.5 Å². The predicted molar refractivity (Wildman–Crippen MR) is 68.9 cm³/mol. The van der Waals surface area contributed by atoms with E-state index in [0.717, 1.165) is 32.3 Å². The fourth-order valence-electron chi connectivity index (χ4n) is 2.30. The second-order valence-corrected chi connectivity index (χ2v) is 4.94. The minimum Gasteiger partial charge on any atom is -0.383 e. The zero-order chi connectivity index (χ0) is 11.6. The van der Waals surface area contributed by atoms with E-state index in [0.29, 0.717) is 0 Å². The van der Waals surface area contributed by atoms with Crippen LogP contribution in [0.15, 0.2) is 0 Å². The van der Waals surface area contributed by atoms with Gasteiger partial charge in [0.25, 0.3) is 0 Å².